The summed E-state index contributed by atoms with van der Waals surface area (Å²) in [5, 5.41) is 2.69. The maximum Gasteiger partial charge on any atom is 0.268 e. The molecule has 0 atom stereocenters. The summed E-state index contributed by atoms with van der Waals surface area (Å²) in [4.78, 5) is 13.6. The third-order valence-corrected chi connectivity index (χ3v) is 1.50. The van der Waals surface area contributed by atoms with Gasteiger partial charge in [0.15, 0.2) is 0 Å². The van der Waals surface area contributed by atoms with E-state index in [1.165, 1.54) is 0 Å². The first-order chi connectivity index (χ1) is 4.38. The van der Waals surface area contributed by atoms with Gasteiger partial charge >= 0.3 is 0 Å². The number of nitrogens with one attached hydrogen (secondary N) is 2. The molecular weight excluding hydrogens is 116 g/mol. The highest BCUT2D eigenvalue weighted by Gasteiger charge is 2.18. The van der Waals surface area contributed by atoms with Gasteiger partial charge in [-0.15, -0.1) is 0 Å². The van der Waals surface area contributed by atoms with E-state index < -0.39 is 0 Å². The lowest BCUT2D eigenvalue weighted by Crippen LogP contribution is -2.13. The Balaban J connectivity index is 2.61. The van der Waals surface area contributed by atoms with Gasteiger partial charge in [0.2, 0.25) is 0 Å². The van der Waals surface area contributed by atoms with Gasteiger partial charge in [-0.2, -0.15) is 0 Å². The first-order valence-electron chi connectivity index (χ1n) is 2.82. The number of aromatic nitrogens is 1. The van der Waals surface area contributed by atoms with Crippen molar-refractivity contribution >= 4 is 5.91 Å². The lowest BCUT2D eigenvalue weighted by Gasteiger charge is -1.85. The fourth-order valence-corrected chi connectivity index (χ4v) is 1.02. The second kappa shape index (κ2) is 1.37. The van der Waals surface area contributed by atoms with E-state index in [0.717, 1.165) is 11.3 Å². The van der Waals surface area contributed by atoms with Gasteiger partial charge in [0, 0.05) is 18.3 Å². The topological polar surface area (TPSA) is 44.9 Å². The van der Waals surface area contributed by atoms with Crippen LogP contribution in [0.15, 0.2) is 12.3 Å². The second-order valence-corrected chi connectivity index (χ2v) is 2.06. The molecule has 2 heterocycles. The van der Waals surface area contributed by atoms with Crippen LogP contribution in [0, 0.1) is 0 Å². The van der Waals surface area contributed by atoms with E-state index in [0.29, 0.717) is 6.54 Å². The van der Waals surface area contributed by atoms with Crippen molar-refractivity contribution in [3.05, 3.63) is 23.5 Å². The van der Waals surface area contributed by atoms with Gasteiger partial charge in [-0.1, -0.05) is 0 Å². The Bertz CT molecular complexity index is 251. The number of H-pyrrole nitrogens is 1. The summed E-state index contributed by atoms with van der Waals surface area (Å²) in [6.45, 7) is 0.678. The molecular formula is C6H6N2O. The molecule has 2 rings (SSSR count). The van der Waals surface area contributed by atoms with Crippen LogP contribution in [-0.4, -0.2) is 10.9 Å². The Morgan fingerprint density at radius 3 is 3.22 bits per heavy atom. The fourth-order valence-electron chi connectivity index (χ4n) is 1.02. The van der Waals surface area contributed by atoms with Crippen molar-refractivity contribution in [1.29, 1.82) is 0 Å². The van der Waals surface area contributed by atoms with Gasteiger partial charge < -0.3 is 10.3 Å². The Hall–Kier alpha value is -1.25. The van der Waals surface area contributed by atoms with E-state index in [-0.39, 0.29) is 5.91 Å². The van der Waals surface area contributed by atoms with Crippen LogP contribution in [-0.2, 0) is 6.54 Å². The van der Waals surface area contributed by atoms with Crippen molar-refractivity contribution in [2.45, 2.75) is 6.54 Å². The van der Waals surface area contributed by atoms with E-state index in [1.807, 2.05) is 6.07 Å². The molecule has 0 saturated heterocycles. The lowest BCUT2D eigenvalue weighted by atomic mass is 10.3. The molecule has 1 aromatic rings. The normalized spacial score (nSPS) is 15.3. The molecule has 46 valence electrons. The number of carbonyl (C=O) groups is 1. The van der Waals surface area contributed by atoms with Crippen molar-refractivity contribution in [2.75, 3.05) is 0 Å². The Kier molecular flexibility index (Phi) is 0.704. The zero-order chi connectivity index (χ0) is 6.27. The monoisotopic (exact) mass is 122 g/mol. The van der Waals surface area contributed by atoms with Crippen LogP contribution in [0.5, 0.6) is 0 Å². The van der Waals surface area contributed by atoms with Crippen LogP contribution >= 0.6 is 0 Å². The molecule has 0 spiro atoms. The molecule has 0 saturated carbocycles. The van der Waals surface area contributed by atoms with E-state index >= 15 is 0 Å². The summed E-state index contributed by atoms with van der Waals surface area (Å²) in [6.07, 6.45) is 1.78. The van der Waals surface area contributed by atoms with Gasteiger partial charge in [0.05, 0.1) is 0 Å². The van der Waals surface area contributed by atoms with Gasteiger partial charge in [0.25, 0.3) is 5.91 Å². The predicted octanol–water partition coefficient (Wildman–Crippen LogP) is 0.258. The SMILES string of the molecule is O=C1NCc2cc[nH]c21. The van der Waals surface area contributed by atoms with E-state index in [2.05, 4.69) is 10.3 Å². The van der Waals surface area contributed by atoms with Crippen molar-refractivity contribution in [1.82, 2.24) is 10.3 Å². The summed E-state index contributed by atoms with van der Waals surface area (Å²) >= 11 is 0. The molecule has 1 aromatic heterocycles. The first kappa shape index (κ1) is 4.61. The van der Waals surface area contributed by atoms with E-state index in [1.54, 1.807) is 6.20 Å². The van der Waals surface area contributed by atoms with Gasteiger partial charge in [-0.25, -0.2) is 0 Å². The molecule has 2 N–H and O–H groups in total. The van der Waals surface area contributed by atoms with E-state index in [4.69, 9.17) is 0 Å². The molecule has 3 nitrogen and oxygen atoms in total. The summed E-state index contributed by atoms with van der Waals surface area (Å²) in [7, 11) is 0. The highest BCUT2D eigenvalue weighted by atomic mass is 16.2. The number of hydrogen-bond acceptors (Lipinski definition) is 1. The molecule has 0 aromatic carbocycles. The minimum Gasteiger partial charge on any atom is -0.357 e. The molecule has 1 amide bonds. The minimum absolute atomic E-state index is 0.00926. The molecule has 1 aliphatic rings. The van der Waals surface area contributed by atoms with Crippen molar-refractivity contribution in [3.63, 3.8) is 0 Å². The smallest absolute Gasteiger partial charge is 0.268 e. The van der Waals surface area contributed by atoms with Crippen molar-refractivity contribution in [2.24, 2.45) is 0 Å². The van der Waals surface area contributed by atoms with Crippen LogP contribution in [0.4, 0.5) is 0 Å². The number of rotatable bonds is 0. The molecule has 9 heavy (non-hydrogen) atoms. The van der Waals surface area contributed by atoms with Crippen LogP contribution in [0.25, 0.3) is 0 Å². The quantitative estimate of drug-likeness (QED) is 0.509. The largest absolute Gasteiger partial charge is 0.357 e. The molecule has 0 bridgehead atoms. The lowest BCUT2D eigenvalue weighted by molar-refractivity contribution is 0.0961. The Labute approximate surface area is 52.1 Å². The van der Waals surface area contributed by atoms with Crippen LogP contribution in [0.1, 0.15) is 16.1 Å². The average Bonchev–Trinajstić information content (AvgIpc) is 2.35. The number of carbonyl (C=O) groups excluding carboxylic acids is 1. The maximum absolute atomic E-state index is 10.8. The maximum atomic E-state index is 10.8. The van der Waals surface area contributed by atoms with Gasteiger partial charge in [0.1, 0.15) is 5.69 Å². The first-order valence-corrected chi connectivity index (χ1v) is 2.82. The number of fused-ring (bicyclic) bond motifs is 1. The second-order valence-electron chi connectivity index (χ2n) is 2.06. The van der Waals surface area contributed by atoms with Crippen LogP contribution in [0.3, 0.4) is 0 Å². The molecule has 1 aliphatic heterocycles. The highest BCUT2D eigenvalue weighted by Crippen LogP contribution is 2.11. The highest BCUT2D eigenvalue weighted by molar-refractivity contribution is 5.96. The average molecular weight is 122 g/mol. The van der Waals surface area contributed by atoms with Crippen LogP contribution in [0.2, 0.25) is 0 Å². The molecule has 0 radical (unpaired) electrons. The minimum atomic E-state index is 0.00926. The Morgan fingerprint density at radius 1 is 1.56 bits per heavy atom. The number of amides is 1. The molecule has 0 unspecified atom stereocenters. The van der Waals surface area contributed by atoms with E-state index in [9.17, 15) is 4.79 Å². The number of hydrogen-bond donors (Lipinski definition) is 2. The Morgan fingerprint density at radius 2 is 2.44 bits per heavy atom. The predicted molar refractivity (Wildman–Crippen MR) is 32.0 cm³/mol. The fraction of sp³-hybridized carbons (Fsp3) is 0.167. The van der Waals surface area contributed by atoms with Crippen molar-refractivity contribution in [3.8, 4) is 0 Å². The van der Waals surface area contributed by atoms with Gasteiger partial charge in [-0.05, 0) is 6.07 Å². The van der Waals surface area contributed by atoms with Crippen LogP contribution < -0.4 is 5.32 Å². The third kappa shape index (κ3) is 0.483. The van der Waals surface area contributed by atoms with Crippen molar-refractivity contribution < 1.29 is 4.79 Å². The zero-order valence-electron chi connectivity index (χ0n) is 4.77. The molecule has 3 heteroatoms. The third-order valence-electron chi connectivity index (χ3n) is 1.50. The summed E-state index contributed by atoms with van der Waals surface area (Å²) in [5.74, 6) is 0.00926. The number of aromatic amines is 1. The molecule has 0 fully saturated rings. The molecule has 0 aliphatic carbocycles. The summed E-state index contributed by atoms with van der Waals surface area (Å²) in [6, 6.07) is 1.91. The zero-order valence-corrected chi connectivity index (χ0v) is 4.77. The summed E-state index contributed by atoms with van der Waals surface area (Å²) in [5.41, 5.74) is 1.79. The summed E-state index contributed by atoms with van der Waals surface area (Å²) < 4.78 is 0. The van der Waals surface area contributed by atoms with Gasteiger partial charge in [-0.3, -0.25) is 4.79 Å². The standard InChI is InChI=1S/C6H6N2O/c9-6-5-4(3-8-6)1-2-7-5/h1-2,7H,3H2,(H,8,9).